The van der Waals surface area contributed by atoms with Gasteiger partial charge in [0.25, 0.3) is 0 Å². The summed E-state index contributed by atoms with van der Waals surface area (Å²) in [6, 6.07) is 16.1. The van der Waals surface area contributed by atoms with Crippen molar-refractivity contribution >= 4 is 23.5 Å². The first-order chi connectivity index (χ1) is 13.7. The van der Waals surface area contributed by atoms with Crippen molar-refractivity contribution in [1.82, 2.24) is 15.5 Å². The van der Waals surface area contributed by atoms with Crippen molar-refractivity contribution < 1.29 is 4.79 Å². The highest BCUT2D eigenvalue weighted by Crippen LogP contribution is 2.18. The average Bonchev–Trinajstić information content (AvgIpc) is 2.72. The molecule has 0 saturated carbocycles. The van der Waals surface area contributed by atoms with Crippen molar-refractivity contribution in [2.24, 2.45) is 4.99 Å². The summed E-state index contributed by atoms with van der Waals surface area (Å²) in [4.78, 5) is 19.0. The molecule has 0 bridgehead atoms. The Kier molecular flexibility index (Phi) is 7.31. The van der Waals surface area contributed by atoms with Crippen molar-refractivity contribution in [2.75, 3.05) is 26.2 Å². The molecule has 2 N–H and O–H groups in total. The highest BCUT2D eigenvalue weighted by Gasteiger charge is 2.19. The van der Waals surface area contributed by atoms with Gasteiger partial charge in [0.2, 0.25) is 5.91 Å². The van der Waals surface area contributed by atoms with Crippen molar-refractivity contribution in [1.29, 1.82) is 0 Å². The fraction of sp³-hybridized carbons (Fsp3) is 0.364. The van der Waals surface area contributed by atoms with Crippen LogP contribution in [0.4, 0.5) is 0 Å². The molecule has 2 aromatic rings. The SMILES string of the molecule is CCNC(=NCC(=O)N1CCc2ccccc2C1)NCCc1ccccc1Cl. The molecular weight excluding hydrogens is 372 g/mol. The van der Waals surface area contributed by atoms with Crippen molar-refractivity contribution in [3.8, 4) is 0 Å². The molecule has 0 unspecified atom stereocenters. The van der Waals surface area contributed by atoms with E-state index in [1.807, 2.05) is 42.2 Å². The number of rotatable bonds is 6. The maximum Gasteiger partial charge on any atom is 0.244 e. The van der Waals surface area contributed by atoms with Crippen LogP contribution in [0.15, 0.2) is 53.5 Å². The van der Waals surface area contributed by atoms with Gasteiger partial charge in [-0.05, 0) is 42.5 Å². The van der Waals surface area contributed by atoms with E-state index in [9.17, 15) is 4.79 Å². The Morgan fingerprint density at radius 3 is 2.64 bits per heavy atom. The third-order valence-corrected chi connectivity index (χ3v) is 5.21. The number of carbonyl (C=O) groups is 1. The quantitative estimate of drug-likeness (QED) is 0.581. The molecule has 1 heterocycles. The predicted octanol–water partition coefficient (Wildman–Crippen LogP) is 3.02. The minimum Gasteiger partial charge on any atom is -0.357 e. The topological polar surface area (TPSA) is 56.7 Å². The second-order valence-electron chi connectivity index (χ2n) is 6.80. The Labute approximate surface area is 171 Å². The normalized spacial score (nSPS) is 13.8. The minimum absolute atomic E-state index is 0.0535. The van der Waals surface area contributed by atoms with E-state index in [2.05, 4.69) is 33.8 Å². The first-order valence-electron chi connectivity index (χ1n) is 9.77. The van der Waals surface area contributed by atoms with Gasteiger partial charge in [-0.1, -0.05) is 54.1 Å². The molecule has 28 heavy (non-hydrogen) atoms. The van der Waals surface area contributed by atoms with E-state index in [1.54, 1.807) is 0 Å². The van der Waals surface area contributed by atoms with Crippen LogP contribution in [0.25, 0.3) is 0 Å². The fourth-order valence-corrected chi connectivity index (χ4v) is 3.54. The van der Waals surface area contributed by atoms with E-state index in [0.29, 0.717) is 19.0 Å². The molecule has 1 aliphatic rings. The summed E-state index contributed by atoms with van der Waals surface area (Å²) in [5.41, 5.74) is 3.66. The van der Waals surface area contributed by atoms with E-state index in [-0.39, 0.29) is 12.5 Å². The Morgan fingerprint density at radius 2 is 1.86 bits per heavy atom. The zero-order valence-electron chi connectivity index (χ0n) is 16.2. The highest BCUT2D eigenvalue weighted by atomic mass is 35.5. The highest BCUT2D eigenvalue weighted by molar-refractivity contribution is 6.31. The molecule has 0 radical (unpaired) electrons. The third-order valence-electron chi connectivity index (χ3n) is 4.84. The van der Waals surface area contributed by atoms with Crippen LogP contribution in [-0.4, -0.2) is 42.9 Å². The van der Waals surface area contributed by atoms with Crippen LogP contribution in [0, 0.1) is 0 Å². The standard InChI is InChI=1S/C22H27ClN4O/c1-2-24-22(25-13-11-18-8-5-6-10-20(18)23)26-15-21(28)27-14-12-17-7-3-4-9-19(17)16-27/h3-10H,2,11-16H2,1H3,(H2,24,25,26). The number of hydrogen-bond acceptors (Lipinski definition) is 2. The second-order valence-corrected chi connectivity index (χ2v) is 7.20. The van der Waals surface area contributed by atoms with Gasteiger partial charge in [0.05, 0.1) is 0 Å². The lowest BCUT2D eigenvalue weighted by atomic mass is 10.00. The van der Waals surface area contributed by atoms with Gasteiger partial charge < -0.3 is 15.5 Å². The summed E-state index contributed by atoms with van der Waals surface area (Å²) in [7, 11) is 0. The zero-order valence-corrected chi connectivity index (χ0v) is 17.0. The Hall–Kier alpha value is -2.53. The molecular formula is C22H27ClN4O. The summed E-state index contributed by atoms with van der Waals surface area (Å²) in [6.07, 6.45) is 1.70. The number of aliphatic imine (C=N–C) groups is 1. The number of nitrogens with zero attached hydrogens (tertiary/aromatic N) is 2. The summed E-state index contributed by atoms with van der Waals surface area (Å²) in [6.45, 7) is 5.01. The van der Waals surface area contributed by atoms with Crippen LogP contribution in [0.3, 0.4) is 0 Å². The molecule has 2 aromatic carbocycles. The first-order valence-corrected chi connectivity index (χ1v) is 10.2. The molecule has 0 aromatic heterocycles. The molecule has 0 atom stereocenters. The number of guanidine groups is 1. The molecule has 0 spiro atoms. The maximum absolute atomic E-state index is 12.6. The van der Waals surface area contributed by atoms with Crippen molar-refractivity contribution in [3.63, 3.8) is 0 Å². The minimum atomic E-state index is 0.0535. The van der Waals surface area contributed by atoms with Crippen LogP contribution in [-0.2, 0) is 24.2 Å². The molecule has 148 valence electrons. The zero-order chi connectivity index (χ0) is 19.8. The van der Waals surface area contributed by atoms with E-state index >= 15 is 0 Å². The number of amides is 1. The lowest BCUT2D eigenvalue weighted by molar-refractivity contribution is -0.130. The molecule has 5 nitrogen and oxygen atoms in total. The van der Waals surface area contributed by atoms with E-state index in [4.69, 9.17) is 11.6 Å². The van der Waals surface area contributed by atoms with Gasteiger partial charge in [-0.25, -0.2) is 4.99 Å². The number of fused-ring (bicyclic) bond motifs is 1. The predicted molar refractivity (Wildman–Crippen MR) is 115 cm³/mol. The third kappa shape index (κ3) is 5.49. The smallest absolute Gasteiger partial charge is 0.244 e. The maximum atomic E-state index is 12.6. The van der Waals surface area contributed by atoms with Gasteiger partial charge in [-0.3, -0.25) is 4.79 Å². The molecule has 0 aliphatic carbocycles. The van der Waals surface area contributed by atoms with Crippen molar-refractivity contribution in [3.05, 3.63) is 70.2 Å². The average molecular weight is 399 g/mol. The molecule has 1 aliphatic heterocycles. The van der Waals surface area contributed by atoms with Gasteiger partial charge in [0.15, 0.2) is 5.96 Å². The number of hydrogen-bond donors (Lipinski definition) is 2. The summed E-state index contributed by atoms with van der Waals surface area (Å²) in [5.74, 6) is 0.707. The Morgan fingerprint density at radius 1 is 1.11 bits per heavy atom. The van der Waals surface area contributed by atoms with Gasteiger partial charge in [0.1, 0.15) is 6.54 Å². The van der Waals surface area contributed by atoms with Gasteiger partial charge in [0, 0.05) is 31.2 Å². The fourth-order valence-electron chi connectivity index (χ4n) is 3.31. The van der Waals surface area contributed by atoms with Crippen LogP contribution >= 0.6 is 11.6 Å². The largest absolute Gasteiger partial charge is 0.357 e. The van der Waals surface area contributed by atoms with E-state index in [0.717, 1.165) is 36.5 Å². The van der Waals surface area contributed by atoms with Gasteiger partial charge >= 0.3 is 0 Å². The molecule has 1 amide bonds. The van der Waals surface area contributed by atoms with E-state index < -0.39 is 0 Å². The first kappa shape index (κ1) is 20.2. The number of benzene rings is 2. The molecule has 0 saturated heterocycles. The summed E-state index contributed by atoms with van der Waals surface area (Å²) >= 11 is 6.20. The van der Waals surface area contributed by atoms with Gasteiger partial charge in [-0.2, -0.15) is 0 Å². The number of carbonyl (C=O) groups excluding carboxylic acids is 1. The van der Waals surface area contributed by atoms with Crippen LogP contribution < -0.4 is 10.6 Å². The van der Waals surface area contributed by atoms with Crippen LogP contribution in [0.1, 0.15) is 23.6 Å². The van der Waals surface area contributed by atoms with Crippen LogP contribution in [0.2, 0.25) is 5.02 Å². The number of halogens is 1. The Bertz CT molecular complexity index is 837. The summed E-state index contributed by atoms with van der Waals surface area (Å²) in [5, 5.41) is 7.24. The number of nitrogens with one attached hydrogen (secondary N) is 2. The molecule has 0 fully saturated rings. The van der Waals surface area contributed by atoms with Crippen molar-refractivity contribution in [2.45, 2.75) is 26.3 Å². The summed E-state index contributed by atoms with van der Waals surface area (Å²) < 4.78 is 0. The molecule has 6 heteroatoms. The lowest BCUT2D eigenvalue weighted by Gasteiger charge is -2.28. The van der Waals surface area contributed by atoms with Gasteiger partial charge in [-0.15, -0.1) is 0 Å². The van der Waals surface area contributed by atoms with E-state index in [1.165, 1.54) is 11.1 Å². The molecule has 3 rings (SSSR count). The van der Waals surface area contributed by atoms with Crippen LogP contribution in [0.5, 0.6) is 0 Å². The monoisotopic (exact) mass is 398 g/mol. The lowest BCUT2D eigenvalue weighted by Crippen LogP contribution is -2.41. The second kappa shape index (κ2) is 10.1. The Balaban J connectivity index is 1.52.